The second-order valence-electron chi connectivity index (χ2n) is 19.6. The van der Waals surface area contributed by atoms with E-state index >= 15 is 4.79 Å². The summed E-state index contributed by atoms with van der Waals surface area (Å²) >= 11 is 0. The van der Waals surface area contributed by atoms with Gasteiger partial charge >= 0.3 is 5.97 Å². The molecule has 0 saturated heterocycles. The van der Waals surface area contributed by atoms with Gasteiger partial charge < -0.3 is 9.84 Å². The predicted molar refractivity (Wildman–Crippen MR) is 224 cm³/mol. The molecule has 9 unspecified atom stereocenters. The molecule has 5 aliphatic carbocycles. The Hall–Kier alpha value is -1.87. The fourth-order valence-electron chi connectivity index (χ4n) is 14.5. The number of hydrogen-bond acceptors (Lipinski definition) is 3. The van der Waals surface area contributed by atoms with Crippen molar-refractivity contribution in [3.05, 3.63) is 58.7 Å². The highest BCUT2D eigenvalue weighted by Gasteiger charge is 2.69. The maximum absolute atomic E-state index is 15.8. The van der Waals surface area contributed by atoms with Crippen molar-refractivity contribution in [3.63, 3.8) is 0 Å². The number of aliphatic hydroxyl groups is 1. The molecule has 0 aromatic carbocycles. The minimum Gasteiger partial charge on any atom is -0.460 e. The van der Waals surface area contributed by atoms with Gasteiger partial charge in [0.25, 0.3) is 0 Å². The van der Waals surface area contributed by atoms with Gasteiger partial charge in [0.1, 0.15) is 6.61 Å². The van der Waals surface area contributed by atoms with Crippen molar-refractivity contribution in [2.45, 2.75) is 179 Å². The second kappa shape index (κ2) is 16.3. The van der Waals surface area contributed by atoms with E-state index in [9.17, 15) is 5.11 Å². The molecule has 0 aromatic rings. The molecule has 3 nitrogen and oxygen atoms in total. The van der Waals surface area contributed by atoms with Gasteiger partial charge in [0.05, 0.1) is 11.5 Å². The zero-order valence-corrected chi connectivity index (χ0v) is 36.4. The lowest BCUT2D eigenvalue weighted by molar-refractivity contribution is -0.201. The Bertz CT molecular complexity index is 1460. The third-order valence-electron chi connectivity index (χ3n) is 17.8. The van der Waals surface area contributed by atoms with E-state index in [2.05, 4.69) is 120 Å². The third kappa shape index (κ3) is 6.86. The van der Waals surface area contributed by atoms with Crippen LogP contribution in [0.3, 0.4) is 0 Å². The molecule has 0 aromatic heterocycles. The summed E-state index contributed by atoms with van der Waals surface area (Å²) in [4.78, 5) is 15.8. The SMILES string of the molecule is CCC(C)(CC)CC(C)(C(=O)OCC1=C2C=CC=CC2C(C)C2=C1C=CCC2C)C(CC)(CC)C(CC)(CC)C1C2CCC(O)CCC2CC1(C)CC. The lowest BCUT2D eigenvalue weighted by Crippen LogP contribution is -2.61. The Kier molecular flexibility index (Phi) is 13.0. The first-order chi connectivity index (χ1) is 25.2. The smallest absolute Gasteiger partial charge is 0.312 e. The number of fused-ring (bicyclic) bond motifs is 2. The van der Waals surface area contributed by atoms with E-state index in [1.54, 1.807) is 0 Å². The molecule has 0 bridgehead atoms. The van der Waals surface area contributed by atoms with Gasteiger partial charge in [-0.2, -0.15) is 0 Å². The van der Waals surface area contributed by atoms with Crippen LogP contribution in [0.2, 0.25) is 0 Å². The first kappa shape index (κ1) is 42.3. The van der Waals surface area contributed by atoms with Crippen molar-refractivity contribution >= 4 is 5.97 Å². The third-order valence-corrected chi connectivity index (χ3v) is 17.8. The number of allylic oxidation sites excluding steroid dienone is 8. The first-order valence-electron chi connectivity index (χ1n) is 22.5. The summed E-state index contributed by atoms with van der Waals surface area (Å²) in [6.45, 7) is 29.4. The number of rotatable bonds is 15. The zero-order chi connectivity index (χ0) is 39.0. The maximum atomic E-state index is 15.8. The van der Waals surface area contributed by atoms with E-state index in [4.69, 9.17) is 4.74 Å². The standard InChI is InChI=1S/C50H80O3/c1-13-46(10,14-2)33-48(12,45(52)53-32-42-40-25-21-20-24-38(40)35(9)43-34(8)23-22-26-41(42)43)50(18-6,19-7)49(16-4,17-5)44-39-30-29-37(51)28-27-36(39)31-47(44,11)15-3/h20-22,24-26,34-39,44,51H,13-19,23,27-33H2,1-12H3. The number of esters is 1. The van der Waals surface area contributed by atoms with E-state index in [1.807, 2.05) is 0 Å². The van der Waals surface area contributed by atoms with E-state index in [1.165, 1.54) is 35.1 Å². The van der Waals surface area contributed by atoms with Gasteiger partial charge in [0, 0.05) is 11.5 Å². The van der Waals surface area contributed by atoms with Crippen molar-refractivity contribution in [2.24, 2.45) is 62.6 Å². The van der Waals surface area contributed by atoms with Crippen LogP contribution in [0.25, 0.3) is 0 Å². The van der Waals surface area contributed by atoms with Crippen LogP contribution >= 0.6 is 0 Å². The van der Waals surface area contributed by atoms with Crippen LogP contribution in [0.5, 0.6) is 0 Å². The van der Waals surface area contributed by atoms with Crippen LogP contribution in [0, 0.1) is 62.6 Å². The Morgan fingerprint density at radius 3 is 2.15 bits per heavy atom. The van der Waals surface area contributed by atoms with Gasteiger partial charge in [0.2, 0.25) is 0 Å². The lowest BCUT2D eigenvalue weighted by Gasteiger charge is -2.65. The largest absolute Gasteiger partial charge is 0.460 e. The summed E-state index contributed by atoms with van der Waals surface area (Å²) in [6, 6.07) is 0. The maximum Gasteiger partial charge on any atom is 0.312 e. The van der Waals surface area contributed by atoms with Crippen LogP contribution in [0.1, 0.15) is 173 Å². The molecule has 5 rings (SSSR count). The van der Waals surface area contributed by atoms with Crippen LogP contribution in [-0.2, 0) is 9.53 Å². The normalized spacial score (nSPS) is 33.0. The molecule has 0 spiro atoms. The summed E-state index contributed by atoms with van der Waals surface area (Å²) in [6.07, 6.45) is 28.1. The van der Waals surface area contributed by atoms with Crippen molar-refractivity contribution in [1.29, 1.82) is 0 Å². The Labute approximate surface area is 326 Å². The summed E-state index contributed by atoms with van der Waals surface area (Å²) in [7, 11) is 0. The molecule has 0 heterocycles. The van der Waals surface area contributed by atoms with Crippen LogP contribution in [0.4, 0.5) is 0 Å². The van der Waals surface area contributed by atoms with Gasteiger partial charge in [-0.1, -0.05) is 137 Å². The van der Waals surface area contributed by atoms with Crippen molar-refractivity contribution in [2.75, 3.05) is 6.61 Å². The number of carbonyl (C=O) groups is 1. The van der Waals surface area contributed by atoms with Gasteiger partial charge in [-0.05, 0) is 140 Å². The van der Waals surface area contributed by atoms with Crippen LogP contribution in [-0.4, -0.2) is 23.8 Å². The van der Waals surface area contributed by atoms with Crippen molar-refractivity contribution in [3.8, 4) is 0 Å². The second-order valence-corrected chi connectivity index (χ2v) is 19.6. The predicted octanol–water partition coefficient (Wildman–Crippen LogP) is 13.5. The van der Waals surface area contributed by atoms with E-state index in [0.717, 1.165) is 77.0 Å². The molecule has 53 heavy (non-hydrogen) atoms. The van der Waals surface area contributed by atoms with Crippen molar-refractivity contribution in [1.82, 2.24) is 0 Å². The fraction of sp³-hybridized carbons (Fsp3) is 0.780. The first-order valence-corrected chi connectivity index (χ1v) is 22.5. The highest BCUT2D eigenvalue weighted by molar-refractivity contribution is 5.78. The molecule has 298 valence electrons. The van der Waals surface area contributed by atoms with E-state index < -0.39 is 5.41 Å². The topological polar surface area (TPSA) is 46.5 Å². The molecular formula is C50H80O3. The number of hydrogen-bond donors (Lipinski definition) is 1. The highest BCUT2D eigenvalue weighted by Crippen LogP contribution is 2.73. The molecule has 2 saturated carbocycles. The fourth-order valence-corrected chi connectivity index (χ4v) is 14.5. The minimum absolute atomic E-state index is 0.0245. The monoisotopic (exact) mass is 729 g/mol. The highest BCUT2D eigenvalue weighted by atomic mass is 16.5. The van der Waals surface area contributed by atoms with Crippen molar-refractivity contribution < 1.29 is 14.6 Å². The molecule has 2 fully saturated rings. The summed E-state index contributed by atoms with van der Waals surface area (Å²) < 4.78 is 6.97. The molecule has 9 atom stereocenters. The molecule has 5 aliphatic rings. The molecular weight excluding hydrogens is 649 g/mol. The molecule has 0 amide bonds. The van der Waals surface area contributed by atoms with E-state index in [-0.39, 0.29) is 33.7 Å². The van der Waals surface area contributed by atoms with Crippen LogP contribution < -0.4 is 0 Å². The van der Waals surface area contributed by atoms with Gasteiger partial charge in [-0.25, -0.2) is 0 Å². The quantitative estimate of drug-likeness (QED) is 0.171. The van der Waals surface area contributed by atoms with Crippen LogP contribution in [0.15, 0.2) is 58.7 Å². The lowest BCUT2D eigenvalue weighted by atomic mass is 9.39. The van der Waals surface area contributed by atoms with E-state index in [0.29, 0.717) is 42.1 Å². The number of aliphatic hydroxyl groups excluding tert-OH is 1. The molecule has 3 heteroatoms. The minimum atomic E-state index is -0.679. The average molecular weight is 729 g/mol. The number of ether oxygens (including phenoxy) is 1. The number of carbonyl (C=O) groups excluding carboxylic acids is 1. The Balaban J connectivity index is 1.67. The van der Waals surface area contributed by atoms with Gasteiger partial charge in [-0.3, -0.25) is 4.79 Å². The van der Waals surface area contributed by atoms with Gasteiger partial charge in [-0.15, -0.1) is 0 Å². The summed E-state index contributed by atoms with van der Waals surface area (Å²) in [5.41, 5.74) is 4.66. The Morgan fingerprint density at radius 1 is 0.887 bits per heavy atom. The Morgan fingerprint density at radius 2 is 1.55 bits per heavy atom. The molecule has 1 N–H and O–H groups in total. The summed E-state index contributed by atoms with van der Waals surface area (Å²) in [5, 5.41) is 10.9. The molecule has 0 radical (unpaired) electrons. The molecule has 0 aliphatic heterocycles. The summed E-state index contributed by atoms with van der Waals surface area (Å²) in [5.74, 6) is 3.03. The van der Waals surface area contributed by atoms with Gasteiger partial charge in [0.15, 0.2) is 0 Å². The average Bonchev–Trinajstić information content (AvgIpc) is 3.34. The zero-order valence-electron chi connectivity index (χ0n) is 36.4.